The molecule has 1 aromatic carbocycles. The van der Waals surface area contributed by atoms with E-state index in [0.717, 1.165) is 17.5 Å². The summed E-state index contributed by atoms with van der Waals surface area (Å²) < 4.78 is 0. The van der Waals surface area contributed by atoms with Crippen LogP contribution >= 0.6 is 11.6 Å². The van der Waals surface area contributed by atoms with Crippen LogP contribution in [-0.4, -0.2) is 16.6 Å². The predicted octanol–water partition coefficient (Wildman–Crippen LogP) is 3.48. The van der Waals surface area contributed by atoms with Crippen LogP contribution in [0.3, 0.4) is 0 Å². The Morgan fingerprint density at radius 2 is 1.89 bits per heavy atom. The summed E-state index contributed by atoms with van der Waals surface area (Å²) in [4.78, 5) is 15.7. The number of nitrogens with zero attached hydrogens (tertiary/aromatic N) is 1. The summed E-state index contributed by atoms with van der Waals surface area (Å²) in [6.45, 7) is 0. The maximum Gasteiger partial charge on any atom is 0.164 e. The molecule has 1 aromatic heterocycles. The van der Waals surface area contributed by atoms with Crippen molar-refractivity contribution >= 4 is 17.4 Å². The molecule has 0 aliphatic carbocycles. The van der Waals surface area contributed by atoms with Crippen LogP contribution in [0.25, 0.3) is 0 Å². The number of pyridine rings is 1. The van der Waals surface area contributed by atoms with Gasteiger partial charge in [0.25, 0.3) is 0 Å². The molecule has 0 spiro atoms. The lowest BCUT2D eigenvalue weighted by Gasteiger charge is -2.03. The summed E-state index contributed by atoms with van der Waals surface area (Å²) in [5.41, 5.74) is 3.06. The number of Topliss-reactive ketones (excluding diaryl/α,β-unsaturated/α-hetero) is 1. The van der Waals surface area contributed by atoms with Crippen molar-refractivity contribution in [2.24, 2.45) is 0 Å². The normalized spacial score (nSPS) is 10.3. The third-order valence-electron chi connectivity index (χ3n) is 2.73. The van der Waals surface area contributed by atoms with Crippen LogP contribution in [-0.2, 0) is 6.42 Å². The van der Waals surface area contributed by atoms with Crippen molar-refractivity contribution in [1.29, 1.82) is 0 Å². The Morgan fingerprint density at radius 1 is 1.11 bits per heavy atom. The second-order valence-electron chi connectivity index (χ2n) is 4.10. The number of hydrogen-bond acceptors (Lipinski definition) is 2. The van der Waals surface area contributed by atoms with Gasteiger partial charge in [0.15, 0.2) is 5.78 Å². The molecule has 0 saturated carbocycles. The molecule has 0 atom stereocenters. The Hall–Kier alpha value is -1.67. The molecule has 0 amide bonds. The van der Waals surface area contributed by atoms with Crippen molar-refractivity contribution in [2.75, 3.05) is 5.88 Å². The first kappa shape index (κ1) is 12.8. The Morgan fingerprint density at radius 3 is 2.50 bits per heavy atom. The molecular formula is C15H14ClNO. The molecule has 0 radical (unpaired) electrons. The van der Waals surface area contributed by atoms with Gasteiger partial charge in [0, 0.05) is 30.3 Å². The van der Waals surface area contributed by atoms with Crippen LogP contribution in [0.1, 0.15) is 27.9 Å². The molecule has 0 bridgehead atoms. The zero-order valence-electron chi connectivity index (χ0n) is 9.97. The topological polar surface area (TPSA) is 30.0 Å². The van der Waals surface area contributed by atoms with E-state index in [1.54, 1.807) is 6.20 Å². The van der Waals surface area contributed by atoms with Crippen LogP contribution in [0.5, 0.6) is 0 Å². The van der Waals surface area contributed by atoms with E-state index in [-0.39, 0.29) is 5.78 Å². The molecule has 0 N–H and O–H groups in total. The van der Waals surface area contributed by atoms with E-state index in [1.165, 1.54) is 5.56 Å². The Balaban J connectivity index is 2.06. The van der Waals surface area contributed by atoms with E-state index in [4.69, 9.17) is 11.6 Å². The number of carbonyl (C=O) groups excluding carboxylic acids is 1. The van der Waals surface area contributed by atoms with Crippen LogP contribution in [0, 0.1) is 0 Å². The number of benzene rings is 1. The SMILES string of the molecule is O=C(CCCl)c1ccc(Cc2cccnc2)cc1. The van der Waals surface area contributed by atoms with Crippen LogP contribution in [0.4, 0.5) is 0 Å². The van der Waals surface area contributed by atoms with Gasteiger partial charge < -0.3 is 0 Å². The summed E-state index contributed by atoms with van der Waals surface area (Å²) >= 11 is 5.56. The van der Waals surface area contributed by atoms with Gasteiger partial charge in [-0.1, -0.05) is 30.3 Å². The van der Waals surface area contributed by atoms with Gasteiger partial charge in [0.05, 0.1) is 0 Å². The van der Waals surface area contributed by atoms with E-state index < -0.39 is 0 Å². The molecule has 3 heteroatoms. The number of halogens is 1. The number of aromatic nitrogens is 1. The summed E-state index contributed by atoms with van der Waals surface area (Å²) in [7, 11) is 0. The van der Waals surface area contributed by atoms with Gasteiger partial charge in [-0.25, -0.2) is 0 Å². The molecule has 0 fully saturated rings. The maximum absolute atomic E-state index is 11.6. The van der Waals surface area contributed by atoms with Gasteiger partial charge in [-0.3, -0.25) is 9.78 Å². The van der Waals surface area contributed by atoms with Gasteiger partial charge in [-0.15, -0.1) is 11.6 Å². The third-order valence-corrected chi connectivity index (χ3v) is 2.92. The predicted molar refractivity (Wildman–Crippen MR) is 73.2 cm³/mol. The molecule has 0 aliphatic heterocycles. The van der Waals surface area contributed by atoms with E-state index in [0.29, 0.717) is 12.3 Å². The first-order valence-electron chi connectivity index (χ1n) is 5.86. The fourth-order valence-corrected chi connectivity index (χ4v) is 1.95. The zero-order chi connectivity index (χ0) is 12.8. The minimum Gasteiger partial charge on any atom is -0.294 e. The minimum atomic E-state index is 0.0953. The van der Waals surface area contributed by atoms with E-state index in [1.807, 2.05) is 42.6 Å². The van der Waals surface area contributed by atoms with Crippen molar-refractivity contribution in [3.8, 4) is 0 Å². The lowest BCUT2D eigenvalue weighted by atomic mass is 10.0. The number of rotatable bonds is 5. The molecule has 92 valence electrons. The number of hydrogen-bond donors (Lipinski definition) is 0. The van der Waals surface area contributed by atoms with Crippen molar-refractivity contribution in [2.45, 2.75) is 12.8 Å². The molecule has 0 aliphatic rings. The van der Waals surface area contributed by atoms with Gasteiger partial charge in [-0.05, 0) is 23.6 Å². The highest BCUT2D eigenvalue weighted by molar-refractivity contribution is 6.19. The maximum atomic E-state index is 11.6. The smallest absolute Gasteiger partial charge is 0.164 e. The van der Waals surface area contributed by atoms with Crippen LogP contribution in [0.2, 0.25) is 0 Å². The highest BCUT2D eigenvalue weighted by Crippen LogP contribution is 2.11. The summed E-state index contributed by atoms with van der Waals surface area (Å²) in [5.74, 6) is 0.467. The molecule has 1 heterocycles. The number of ketones is 1. The first-order valence-corrected chi connectivity index (χ1v) is 6.40. The summed E-state index contributed by atoms with van der Waals surface area (Å²) in [6, 6.07) is 11.7. The average molecular weight is 260 g/mol. The molecule has 18 heavy (non-hydrogen) atoms. The highest BCUT2D eigenvalue weighted by atomic mass is 35.5. The quantitative estimate of drug-likeness (QED) is 0.608. The Bertz CT molecular complexity index is 508. The van der Waals surface area contributed by atoms with Gasteiger partial charge in [0.1, 0.15) is 0 Å². The van der Waals surface area contributed by atoms with E-state index >= 15 is 0 Å². The fraction of sp³-hybridized carbons (Fsp3) is 0.200. The molecule has 2 aromatic rings. The summed E-state index contributed by atoms with van der Waals surface area (Å²) in [5, 5.41) is 0. The molecule has 0 unspecified atom stereocenters. The Labute approximate surface area is 112 Å². The van der Waals surface area contributed by atoms with Gasteiger partial charge in [-0.2, -0.15) is 0 Å². The zero-order valence-corrected chi connectivity index (χ0v) is 10.7. The minimum absolute atomic E-state index is 0.0953. The lowest BCUT2D eigenvalue weighted by molar-refractivity contribution is 0.0989. The van der Waals surface area contributed by atoms with Gasteiger partial charge >= 0.3 is 0 Å². The standard InChI is InChI=1S/C15H14ClNO/c16-8-7-15(18)14-5-3-12(4-6-14)10-13-2-1-9-17-11-13/h1-6,9,11H,7-8,10H2. The average Bonchev–Trinajstić information content (AvgIpc) is 2.41. The van der Waals surface area contributed by atoms with Crippen molar-refractivity contribution < 1.29 is 4.79 Å². The third kappa shape index (κ3) is 3.41. The second-order valence-corrected chi connectivity index (χ2v) is 4.48. The highest BCUT2D eigenvalue weighted by Gasteiger charge is 2.04. The van der Waals surface area contributed by atoms with E-state index in [2.05, 4.69) is 4.98 Å². The fourth-order valence-electron chi connectivity index (χ4n) is 1.78. The Kier molecular flexibility index (Phi) is 4.48. The van der Waals surface area contributed by atoms with Crippen molar-refractivity contribution in [3.05, 3.63) is 65.5 Å². The van der Waals surface area contributed by atoms with E-state index in [9.17, 15) is 4.79 Å². The van der Waals surface area contributed by atoms with Gasteiger partial charge in [0.2, 0.25) is 0 Å². The first-order chi connectivity index (χ1) is 8.79. The number of carbonyl (C=O) groups is 1. The molecule has 0 saturated heterocycles. The van der Waals surface area contributed by atoms with Crippen LogP contribution < -0.4 is 0 Å². The lowest BCUT2D eigenvalue weighted by Crippen LogP contribution is -1.99. The second kappa shape index (κ2) is 6.31. The molecule has 2 nitrogen and oxygen atoms in total. The molecule has 2 rings (SSSR count). The monoisotopic (exact) mass is 259 g/mol. The van der Waals surface area contributed by atoms with Crippen molar-refractivity contribution in [1.82, 2.24) is 4.98 Å². The largest absolute Gasteiger partial charge is 0.294 e. The van der Waals surface area contributed by atoms with Crippen molar-refractivity contribution in [3.63, 3.8) is 0 Å². The summed E-state index contributed by atoms with van der Waals surface area (Å²) in [6.07, 6.45) is 4.84. The molecular weight excluding hydrogens is 246 g/mol. The number of alkyl halides is 1. The van der Waals surface area contributed by atoms with Crippen LogP contribution in [0.15, 0.2) is 48.8 Å².